The zero-order valence-corrected chi connectivity index (χ0v) is 11.9. The van der Waals surface area contributed by atoms with Crippen molar-refractivity contribution in [1.29, 1.82) is 0 Å². The molecule has 0 bridgehead atoms. The lowest BCUT2D eigenvalue weighted by Gasteiger charge is -2.22. The fourth-order valence-electron chi connectivity index (χ4n) is 2.32. The molecule has 0 radical (unpaired) electrons. The number of aromatic nitrogens is 1. The highest BCUT2D eigenvalue weighted by atomic mass is 32.1. The van der Waals surface area contributed by atoms with Gasteiger partial charge < -0.3 is 15.8 Å². The number of nitrogens with one attached hydrogen (secondary N) is 1. The van der Waals surface area contributed by atoms with E-state index in [2.05, 4.69) is 10.3 Å². The van der Waals surface area contributed by atoms with Crippen LogP contribution in [0.3, 0.4) is 0 Å². The molecular weight excluding hydrogens is 258 g/mol. The number of anilines is 1. The van der Waals surface area contributed by atoms with Crippen LogP contribution in [0.4, 0.5) is 5.82 Å². The van der Waals surface area contributed by atoms with E-state index in [0.717, 1.165) is 17.9 Å². The van der Waals surface area contributed by atoms with E-state index in [-0.39, 0.29) is 0 Å². The van der Waals surface area contributed by atoms with Gasteiger partial charge in [0, 0.05) is 18.3 Å². The molecule has 1 saturated carbocycles. The Labute approximate surface area is 119 Å². The van der Waals surface area contributed by atoms with Gasteiger partial charge in [-0.3, -0.25) is 0 Å². The second-order valence-corrected chi connectivity index (χ2v) is 5.29. The number of hydrogen-bond donors (Lipinski definition) is 2. The second kappa shape index (κ2) is 7.40. The van der Waals surface area contributed by atoms with Crippen LogP contribution in [0.1, 0.15) is 37.7 Å². The third kappa shape index (κ3) is 4.76. The van der Waals surface area contributed by atoms with Crippen LogP contribution in [0.25, 0.3) is 0 Å². The second-order valence-electron chi connectivity index (χ2n) is 4.85. The smallest absolute Gasteiger partial charge is 0.126 e. The van der Waals surface area contributed by atoms with Crippen molar-refractivity contribution in [2.45, 2.75) is 38.2 Å². The molecule has 3 N–H and O–H groups in total. The van der Waals surface area contributed by atoms with Crippen molar-refractivity contribution in [1.82, 2.24) is 4.98 Å². The van der Waals surface area contributed by atoms with Crippen LogP contribution in [0, 0.1) is 0 Å². The highest BCUT2D eigenvalue weighted by molar-refractivity contribution is 7.80. The van der Waals surface area contributed by atoms with Crippen LogP contribution >= 0.6 is 12.2 Å². The first-order valence-corrected chi connectivity index (χ1v) is 7.28. The standard InChI is InChI=1S/C14H21N3OS/c15-14(19)11-6-7-16-13(10-11)17-8-9-18-12-4-2-1-3-5-12/h6-7,10,12H,1-5,8-9H2,(H2,15,19)(H,16,17). The minimum Gasteiger partial charge on any atom is -0.389 e. The highest BCUT2D eigenvalue weighted by Crippen LogP contribution is 2.20. The van der Waals surface area contributed by atoms with Crippen molar-refractivity contribution in [2.75, 3.05) is 18.5 Å². The summed E-state index contributed by atoms with van der Waals surface area (Å²) < 4.78 is 5.84. The Morgan fingerprint density at radius 3 is 2.95 bits per heavy atom. The SMILES string of the molecule is NC(=S)c1ccnc(NCCOC2CCCCC2)c1. The van der Waals surface area contributed by atoms with Crippen molar-refractivity contribution in [3.8, 4) is 0 Å². The fraction of sp³-hybridized carbons (Fsp3) is 0.571. The zero-order valence-electron chi connectivity index (χ0n) is 11.1. The van der Waals surface area contributed by atoms with E-state index in [1.54, 1.807) is 6.20 Å². The average Bonchev–Trinajstić information content (AvgIpc) is 2.45. The molecule has 19 heavy (non-hydrogen) atoms. The van der Waals surface area contributed by atoms with Gasteiger partial charge in [-0.1, -0.05) is 31.5 Å². The molecular formula is C14H21N3OS. The summed E-state index contributed by atoms with van der Waals surface area (Å²) in [5, 5.41) is 3.23. The van der Waals surface area contributed by atoms with Gasteiger partial charge >= 0.3 is 0 Å². The van der Waals surface area contributed by atoms with Crippen molar-refractivity contribution >= 4 is 23.0 Å². The first kappa shape index (κ1) is 14.2. The van der Waals surface area contributed by atoms with E-state index in [9.17, 15) is 0 Å². The summed E-state index contributed by atoms with van der Waals surface area (Å²) >= 11 is 4.94. The molecule has 1 aliphatic rings. The van der Waals surface area contributed by atoms with Gasteiger partial charge in [-0.05, 0) is 25.0 Å². The number of rotatable bonds is 6. The molecule has 1 aromatic heterocycles. The van der Waals surface area contributed by atoms with Crippen LogP contribution in [0.5, 0.6) is 0 Å². The van der Waals surface area contributed by atoms with Crippen molar-refractivity contribution in [2.24, 2.45) is 5.73 Å². The zero-order chi connectivity index (χ0) is 13.5. The Bertz CT molecular complexity index is 419. The molecule has 1 fully saturated rings. The molecule has 0 spiro atoms. The maximum atomic E-state index is 5.84. The lowest BCUT2D eigenvalue weighted by molar-refractivity contribution is 0.0347. The maximum absolute atomic E-state index is 5.84. The third-order valence-electron chi connectivity index (χ3n) is 3.36. The molecule has 1 aliphatic carbocycles. The average molecular weight is 279 g/mol. The first-order chi connectivity index (χ1) is 9.25. The highest BCUT2D eigenvalue weighted by Gasteiger charge is 2.12. The van der Waals surface area contributed by atoms with E-state index in [0.29, 0.717) is 17.7 Å². The summed E-state index contributed by atoms with van der Waals surface area (Å²) in [6, 6.07) is 3.68. The lowest BCUT2D eigenvalue weighted by atomic mass is 9.98. The quantitative estimate of drug-likeness (QED) is 0.619. The van der Waals surface area contributed by atoms with Crippen molar-refractivity contribution in [3.63, 3.8) is 0 Å². The molecule has 0 aromatic carbocycles. The van der Waals surface area contributed by atoms with Crippen LogP contribution in [-0.4, -0.2) is 29.2 Å². The third-order valence-corrected chi connectivity index (χ3v) is 3.59. The minimum atomic E-state index is 0.393. The van der Waals surface area contributed by atoms with E-state index in [1.807, 2.05) is 12.1 Å². The van der Waals surface area contributed by atoms with Gasteiger partial charge in [0.05, 0.1) is 12.7 Å². The van der Waals surface area contributed by atoms with Gasteiger partial charge in [-0.25, -0.2) is 4.98 Å². The van der Waals surface area contributed by atoms with E-state index in [1.165, 1.54) is 32.1 Å². The lowest BCUT2D eigenvalue weighted by Crippen LogP contribution is -2.20. The number of nitrogens with zero attached hydrogens (tertiary/aromatic N) is 1. The summed E-state index contributed by atoms with van der Waals surface area (Å²) in [6.45, 7) is 1.47. The molecule has 0 saturated heterocycles. The van der Waals surface area contributed by atoms with Crippen LogP contribution in [0.2, 0.25) is 0 Å². The van der Waals surface area contributed by atoms with Crippen LogP contribution < -0.4 is 11.1 Å². The Balaban J connectivity index is 1.70. The molecule has 0 atom stereocenters. The van der Waals surface area contributed by atoms with Gasteiger partial charge in [0.1, 0.15) is 10.8 Å². The number of nitrogens with two attached hydrogens (primary N) is 1. The molecule has 1 heterocycles. The number of thiocarbonyl (C=S) groups is 1. The molecule has 0 amide bonds. The van der Waals surface area contributed by atoms with Gasteiger partial charge in [0.15, 0.2) is 0 Å². The molecule has 0 unspecified atom stereocenters. The van der Waals surface area contributed by atoms with E-state index in [4.69, 9.17) is 22.7 Å². The Kier molecular flexibility index (Phi) is 5.54. The fourth-order valence-corrected chi connectivity index (χ4v) is 2.44. The molecule has 0 aliphatic heterocycles. The summed E-state index contributed by atoms with van der Waals surface area (Å²) in [5.41, 5.74) is 6.42. The number of hydrogen-bond acceptors (Lipinski definition) is 4. The summed E-state index contributed by atoms with van der Waals surface area (Å²) in [4.78, 5) is 4.62. The summed E-state index contributed by atoms with van der Waals surface area (Å²) in [7, 11) is 0. The molecule has 1 aromatic rings. The van der Waals surface area contributed by atoms with Crippen molar-refractivity contribution in [3.05, 3.63) is 23.9 Å². The van der Waals surface area contributed by atoms with Gasteiger partial charge in [-0.15, -0.1) is 0 Å². The molecule has 2 rings (SSSR count). The van der Waals surface area contributed by atoms with Gasteiger partial charge in [0.25, 0.3) is 0 Å². The Morgan fingerprint density at radius 1 is 1.42 bits per heavy atom. The number of ether oxygens (including phenoxy) is 1. The Morgan fingerprint density at radius 2 is 2.21 bits per heavy atom. The van der Waals surface area contributed by atoms with Crippen LogP contribution in [0.15, 0.2) is 18.3 Å². The minimum absolute atomic E-state index is 0.393. The number of pyridine rings is 1. The van der Waals surface area contributed by atoms with Gasteiger partial charge in [0.2, 0.25) is 0 Å². The molecule has 104 valence electrons. The summed E-state index contributed by atoms with van der Waals surface area (Å²) in [5.74, 6) is 0.789. The monoisotopic (exact) mass is 279 g/mol. The molecule has 4 nitrogen and oxygen atoms in total. The van der Waals surface area contributed by atoms with E-state index < -0.39 is 0 Å². The predicted octanol–water partition coefficient (Wildman–Crippen LogP) is 2.48. The predicted molar refractivity (Wildman–Crippen MR) is 81.4 cm³/mol. The first-order valence-electron chi connectivity index (χ1n) is 6.87. The maximum Gasteiger partial charge on any atom is 0.126 e. The molecule has 5 heteroatoms. The summed E-state index contributed by atoms with van der Waals surface area (Å²) in [6.07, 6.45) is 8.52. The van der Waals surface area contributed by atoms with Gasteiger partial charge in [-0.2, -0.15) is 0 Å². The topological polar surface area (TPSA) is 60.2 Å². The van der Waals surface area contributed by atoms with Crippen LogP contribution in [-0.2, 0) is 4.74 Å². The largest absolute Gasteiger partial charge is 0.389 e. The Hall–Kier alpha value is -1.20. The van der Waals surface area contributed by atoms with Crippen molar-refractivity contribution < 1.29 is 4.74 Å². The van der Waals surface area contributed by atoms with E-state index >= 15 is 0 Å². The normalized spacial score (nSPS) is 16.2.